The molecule has 1 N–H and O–H groups in total. The molecule has 1 aromatic heterocycles. The van der Waals surface area contributed by atoms with Gasteiger partial charge in [0, 0.05) is 42.2 Å². The van der Waals surface area contributed by atoms with Gasteiger partial charge in [0.25, 0.3) is 0 Å². The molecule has 0 saturated carbocycles. The van der Waals surface area contributed by atoms with E-state index in [-0.39, 0.29) is 17.9 Å². The van der Waals surface area contributed by atoms with Crippen LogP contribution in [0.2, 0.25) is 5.02 Å². The molecule has 3 rings (SSSR count). The molecular weight excluding hydrogens is 430 g/mol. The Labute approximate surface area is 194 Å². The molecule has 6 nitrogen and oxygen atoms in total. The first-order valence-electron chi connectivity index (χ1n) is 10.9. The van der Waals surface area contributed by atoms with Crippen molar-refractivity contribution in [2.45, 2.75) is 52.9 Å². The predicted molar refractivity (Wildman–Crippen MR) is 128 cm³/mol. The standard InChI is InChI=1S/C23H32ClN5OS/c1-5-12-28-21(18-6-8-20(24)9-7-18)26-29(23(28)31)15-27-13-10-19(11-14-27)22(30)25-17(4)16(2)3/h5-9,16-17,19H,1,10-15H2,2-4H3,(H,25,30). The van der Waals surface area contributed by atoms with Crippen molar-refractivity contribution in [3.05, 3.63) is 46.7 Å². The van der Waals surface area contributed by atoms with Gasteiger partial charge in [0.15, 0.2) is 10.6 Å². The Balaban J connectivity index is 1.68. The number of piperidine rings is 1. The summed E-state index contributed by atoms with van der Waals surface area (Å²) in [7, 11) is 0. The van der Waals surface area contributed by atoms with Crippen LogP contribution in [-0.4, -0.2) is 44.3 Å². The highest BCUT2D eigenvalue weighted by molar-refractivity contribution is 7.71. The van der Waals surface area contributed by atoms with E-state index in [9.17, 15) is 4.79 Å². The number of nitrogens with one attached hydrogen (secondary N) is 1. The number of aromatic nitrogens is 3. The van der Waals surface area contributed by atoms with Crippen LogP contribution in [0.5, 0.6) is 0 Å². The molecule has 8 heteroatoms. The molecule has 0 aliphatic carbocycles. The van der Waals surface area contributed by atoms with Gasteiger partial charge in [-0.3, -0.25) is 14.3 Å². The van der Waals surface area contributed by atoms with Gasteiger partial charge in [-0.2, -0.15) is 5.10 Å². The van der Waals surface area contributed by atoms with Gasteiger partial charge in [-0.1, -0.05) is 31.5 Å². The first-order valence-corrected chi connectivity index (χ1v) is 11.7. The molecule has 1 aliphatic heterocycles. The number of hydrogen-bond acceptors (Lipinski definition) is 4. The number of benzene rings is 1. The maximum atomic E-state index is 12.5. The van der Waals surface area contributed by atoms with Crippen molar-refractivity contribution < 1.29 is 4.79 Å². The summed E-state index contributed by atoms with van der Waals surface area (Å²) in [6.07, 6.45) is 3.52. The lowest BCUT2D eigenvalue weighted by Gasteiger charge is -2.32. The van der Waals surface area contributed by atoms with Gasteiger partial charge in [-0.25, -0.2) is 4.68 Å². The minimum atomic E-state index is 0.0772. The third-order valence-corrected chi connectivity index (χ3v) is 6.68. The number of likely N-dealkylation sites (tertiary alicyclic amines) is 1. The highest BCUT2D eigenvalue weighted by atomic mass is 35.5. The Kier molecular flexibility index (Phi) is 8.08. The molecule has 1 atom stereocenters. The summed E-state index contributed by atoms with van der Waals surface area (Å²) in [6, 6.07) is 7.81. The van der Waals surface area contributed by atoms with E-state index in [2.05, 4.69) is 37.6 Å². The fraction of sp³-hybridized carbons (Fsp3) is 0.522. The maximum Gasteiger partial charge on any atom is 0.223 e. The molecule has 1 aliphatic rings. The molecule has 1 saturated heterocycles. The number of carbonyl (C=O) groups is 1. The van der Waals surface area contributed by atoms with Crippen molar-refractivity contribution in [1.29, 1.82) is 0 Å². The van der Waals surface area contributed by atoms with Gasteiger partial charge < -0.3 is 5.32 Å². The Hall–Kier alpha value is -1.96. The van der Waals surface area contributed by atoms with Crippen LogP contribution >= 0.6 is 23.8 Å². The minimum absolute atomic E-state index is 0.0772. The predicted octanol–water partition coefficient (Wildman–Crippen LogP) is 4.75. The summed E-state index contributed by atoms with van der Waals surface area (Å²) in [5.41, 5.74) is 0.964. The van der Waals surface area contributed by atoms with Crippen molar-refractivity contribution in [3.8, 4) is 11.4 Å². The highest BCUT2D eigenvalue weighted by Crippen LogP contribution is 2.23. The molecule has 1 amide bonds. The fourth-order valence-electron chi connectivity index (χ4n) is 3.67. The third kappa shape index (κ3) is 5.84. The maximum absolute atomic E-state index is 12.5. The van der Waals surface area contributed by atoms with E-state index >= 15 is 0 Å². The van der Waals surface area contributed by atoms with Gasteiger partial charge in [0.2, 0.25) is 5.91 Å². The van der Waals surface area contributed by atoms with Crippen LogP contribution in [0, 0.1) is 16.6 Å². The normalized spacial score (nSPS) is 16.4. The van der Waals surface area contributed by atoms with Crippen molar-refractivity contribution >= 4 is 29.7 Å². The smallest absolute Gasteiger partial charge is 0.223 e. The zero-order valence-corrected chi connectivity index (χ0v) is 20.1. The monoisotopic (exact) mass is 461 g/mol. The number of halogens is 1. The van der Waals surface area contributed by atoms with E-state index in [0.29, 0.717) is 28.9 Å². The highest BCUT2D eigenvalue weighted by Gasteiger charge is 2.27. The minimum Gasteiger partial charge on any atom is -0.353 e. The Bertz CT molecular complexity index is 957. The zero-order valence-electron chi connectivity index (χ0n) is 18.6. The summed E-state index contributed by atoms with van der Waals surface area (Å²) in [6.45, 7) is 13.1. The van der Waals surface area contributed by atoms with Crippen LogP contribution < -0.4 is 5.32 Å². The number of amides is 1. The quantitative estimate of drug-likeness (QED) is 0.455. The second-order valence-corrected chi connectivity index (χ2v) is 9.39. The lowest BCUT2D eigenvalue weighted by Crippen LogP contribution is -2.44. The van der Waals surface area contributed by atoms with Crippen LogP contribution in [0.25, 0.3) is 11.4 Å². The molecule has 0 radical (unpaired) electrons. The fourth-order valence-corrected chi connectivity index (χ4v) is 4.06. The van der Waals surface area contributed by atoms with Gasteiger partial charge in [0.1, 0.15) is 0 Å². The first-order chi connectivity index (χ1) is 14.8. The average molecular weight is 462 g/mol. The van der Waals surface area contributed by atoms with Crippen LogP contribution in [0.4, 0.5) is 0 Å². The topological polar surface area (TPSA) is 55.1 Å². The van der Waals surface area contributed by atoms with E-state index in [0.717, 1.165) is 37.3 Å². The molecule has 2 aromatic rings. The summed E-state index contributed by atoms with van der Waals surface area (Å²) >= 11 is 11.7. The number of rotatable bonds is 8. The molecule has 2 heterocycles. The number of carbonyl (C=O) groups excluding carboxylic acids is 1. The van der Waals surface area contributed by atoms with Crippen LogP contribution in [0.15, 0.2) is 36.9 Å². The van der Waals surface area contributed by atoms with Crippen LogP contribution in [0.1, 0.15) is 33.6 Å². The first kappa shape index (κ1) is 23.7. The van der Waals surface area contributed by atoms with Crippen LogP contribution in [0.3, 0.4) is 0 Å². The Morgan fingerprint density at radius 2 is 1.94 bits per heavy atom. The van der Waals surface area contributed by atoms with E-state index < -0.39 is 0 Å². The van der Waals surface area contributed by atoms with Gasteiger partial charge in [-0.15, -0.1) is 6.58 Å². The second-order valence-electron chi connectivity index (χ2n) is 8.59. The van der Waals surface area contributed by atoms with Gasteiger partial charge in [0.05, 0.1) is 6.67 Å². The molecular formula is C23H32ClN5OS. The van der Waals surface area contributed by atoms with Gasteiger partial charge in [-0.05, 0) is 62.2 Å². The lowest BCUT2D eigenvalue weighted by molar-refractivity contribution is -0.127. The molecule has 1 aromatic carbocycles. The average Bonchev–Trinajstić information content (AvgIpc) is 3.05. The van der Waals surface area contributed by atoms with Crippen molar-refractivity contribution in [1.82, 2.24) is 24.6 Å². The number of nitrogens with zero attached hydrogens (tertiary/aromatic N) is 4. The van der Waals surface area contributed by atoms with E-state index in [1.165, 1.54) is 0 Å². The Morgan fingerprint density at radius 1 is 1.29 bits per heavy atom. The summed E-state index contributed by atoms with van der Waals surface area (Å²) < 4.78 is 4.51. The zero-order chi connectivity index (χ0) is 22.5. The molecule has 1 unspecified atom stereocenters. The summed E-state index contributed by atoms with van der Waals surface area (Å²) in [5.74, 6) is 1.50. The molecule has 31 heavy (non-hydrogen) atoms. The van der Waals surface area contributed by atoms with E-state index in [1.807, 2.05) is 39.6 Å². The molecule has 0 spiro atoms. The van der Waals surface area contributed by atoms with Crippen molar-refractivity contribution in [3.63, 3.8) is 0 Å². The lowest BCUT2D eigenvalue weighted by atomic mass is 9.95. The molecule has 1 fully saturated rings. The molecule has 168 valence electrons. The third-order valence-electron chi connectivity index (χ3n) is 6.00. The summed E-state index contributed by atoms with van der Waals surface area (Å²) in [4.78, 5) is 14.9. The summed E-state index contributed by atoms with van der Waals surface area (Å²) in [5, 5.41) is 8.64. The second kappa shape index (κ2) is 10.6. The van der Waals surface area contributed by atoms with E-state index in [4.69, 9.17) is 28.9 Å². The van der Waals surface area contributed by atoms with Gasteiger partial charge >= 0.3 is 0 Å². The van der Waals surface area contributed by atoms with Crippen molar-refractivity contribution in [2.75, 3.05) is 13.1 Å². The largest absolute Gasteiger partial charge is 0.353 e. The number of hydrogen-bond donors (Lipinski definition) is 1. The van der Waals surface area contributed by atoms with Crippen molar-refractivity contribution in [2.24, 2.45) is 11.8 Å². The van der Waals surface area contributed by atoms with E-state index in [1.54, 1.807) is 0 Å². The Morgan fingerprint density at radius 3 is 2.52 bits per heavy atom. The van der Waals surface area contributed by atoms with Crippen LogP contribution in [-0.2, 0) is 18.0 Å². The molecule has 0 bridgehead atoms. The SMILES string of the molecule is C=CCn1c(-c2ccc(Cl)cc2)nn(CN2CCC(C(=O)NC(C)C(C)C)CC2)c1=S. The number of allylic oxidation sites excluding steroid dienone is 1.